The van der Waals surface area contributed by atoms with Gasteiger partial charge in [0.1, 0.15) is 42.3 Å². The van der Waals surface area contributed by atoms with Crippen LogP contribution in [0.3, 0.4) is 0 Å². The highest BCUT2D eigenvalue weighted by molar-refractivity contribution is 6.00. The van der Waals surface area contributed by atoms with Gasteiger partial charge in [-0.2, -0.15) is 0 Å². The maximum absolute atomic E-state index is 15.1. The summed E-state index contributed by atoms with van der Waals surface area (Å²) in [6.07, 6.45) is 13.6. The zero-order chi connectivity index (χ0) is 59.4. The highest BCUT2D eigenvalue weighted by Crippen LogP contribution is 2.27. The normalized spacial score (nSPS) is 26.7. The molecule has 2 aliphatic heterocycles. The van der Waals surface area contributed by atoms with Crippen LogP contribution in [0.1, 0.15) is 126 Å². The van der Waals surface area contributed by atoms with Gasteiger partial charge in [-0.1, -0.05) is 102 Å². The highest BCUT2D eigenvalue weighted by Gasteiger charge is 2.46. The van der Waals surface area contributed by atoms with E-state index >= 15 is 9.59 Å². The zero-order valence-corrected chi connectivity index (χ0v) is 50.2. The summed E-state index contributed by atoms with van der Waals surface area (Å²) in [7, 11) is 10.4. The van der Waals surface area contributed by atoms with E-state index in [1.165, 1.54) is 78.6 Å². The fraction of sp³-hybridized carbons (Fsp3) is 0.650. The third-order valence-electron chi connectivity index (χ3n) is 15.4. The lowest BCUT2D eigenvalue weighted by molar-refractivity contribution is -0.160. The molecule has 1 fully saturated rings. The van der Waals surface area contributed by atoms with Crippen molar-refractivity contribution in [1.29, 1.82) is 0 Å². The molecule has 79 heavy (non-hydrogen) atoms. The van der Waals surface area contributed by atoms with E-state index in [2.05, 4.69) is 22.8 Å². The Hall–Kier alpha value is -6.37. The van der Waals surface area contributed by atoms with Crippen LogP contribution in [-0.2, 0) is 59.0 Å². The largest absolute Gasteiger partial charge is 0.461 e. The van der Waals surface area contributed by atoms with Gasteiger partial charge in [0.05, 0.1) is 18.6 Å². The number of nitrogens with one attached hydrogen (secondary N) is 2. The van der Waals surface area contributed by atoms with E-state index in [0.29, 0.717) is 24.8 Å². The summed E-state index contributed by atoms with van der Waals surface area (Å²) in [4.78, 5) is 137. The summed E-state index contributed by atoms with van der Waals surface area (Å²) in [5, 5.41) is 5.44. The number of fused-ring (bicyclic) bond motifs is 1. The van der Waals surface area contributed by atoms with Crippen molar-refractivity contribution in [2.45, 2.75) is 181 Å². The number of ether oxygens (including phenoxy) is 2. The third-order valence-corrected chi connectivity index (χ3v) is 15.4. The van der Waals surface area contributed by atoms with E-state index in [4.69, 9.17) is 9.47 Å². The molecule has 440 valence electrons. The summed E-state index contributed by atoms with van der Waals surface area (Å²) in [6, 6.07) is 1.35. The molecular formula is C60H94N8O11. The maximum Gasteiger partial charge on any atom is 0.328 e. The van der Waals surface area contributed by atoms with Crippen LogP contribution >= 0.6 is 0 Å². The molecule has 2 heterocycles. The van der Waals surface area contributed by atoms with Crippen LogP contribution in [0, 0.1) is 17.8 Å². The second-order valence-electron chi connectivity index (χ2n) is 22.4. The van der Waals surface area contributed by atoms with Gasteiger partial charge in [-0.05, 0) is 95.5 Å². The van der Waals surface area contributed by atoms with Crippen molar-refractivity contribution < 1.29 is 52.6 Å². The van der Waals surface area contributed by atoms with Gasteiger partial charge in [0, 0.05) is 67.9 Å². The Kier molecular flexibility index (Phi) is 27.1. The molecule has 19 nitrogen and oxygen atoms in total. The van der Waals surface area contributed by atoms with E-state index in [1.807, 2.05) is 50.3 Å². The third kappa shape index (κ3) is 18.6. The van der Waals surface area contributed by atoms with E-state index < -0.39 is 120 Å². The minimum absolute atomic E-state index is 0.0751. The summed E-state index contributed by atoms with van der Waals surface area (Å²) < 4.78 is 11.5. The molecule has 8 amide bonds. The molecule has 19 heteroatoms. The average molecular weight is 1100 g/mol. The summed E-state index contributed by atoms with van der Waals surface area (Å²) >= 11 is 0. The second-order valence-corrected chi connectivity index (χ2v) is 22.4. The maximum atomic E-state index is 15.1. The molecule has 0 aromatic heterocycles. The number of carbonyl (C=O) groups excluding carboxylic acids is 9. The number of benzene rings is 1. The Morgan fingerprint density at radius 3 is 1.86 bits per heavy atom. The second kappa shape index (κ2) is 32.0. The number of allylic oxidation sites excluding steroid dienone is 4. The number of carbonyl (C=O) groups is 9. The van der Waals surface area contributed by atoms with Crippen molar-refractivity contribution in [1.82, 2.24) is 40.0 Å². The van der Waals surface area contributed by atoms with Crippen LogP contribution in [0.4, 0.5) is 0 Å². The topological polar surface area (TPSA) is 216 Å². The first kappa shape index (κ1) is 66.9. The van der Waals surface area contributed by atoms with Crippen molar-refractivity contribution >= 4 is 53.2 Å². The fourth-order valence-electron chi connectivity index (χ4n) is 10.2. The van der Waals surface area contributed by atoms with Crippen LogP contribution < -0.4 is 10.6 Å². The van der Waals surface area contributed by atoms with Gasteiger partial charge >= 0.3 is 5.97 Å². The number of cyclic esters (lactones) is 1. The van der Waals surface area contributed by atoms with Crippen molar-refractivity contribution in [3.8, 4) is 0 Å². The number of hydrogen-bond donors (Lipinski definition) is 2. The number of hydrogen-bond acceptors (Lipinski definition) is 11. The molecule has 0 bridgehead atoms. The molecule has 0 saturated carbocycles. The molecule has 1 aromatic rings. The summed E-state index contributed by atoms with van der Waals surface area (Å²) in [5.41, 5.74) is 1.13. The van der Waals surface area contributed by atoms with Crippen LogP contribution in [0.15, 0.2) is 66.3 Å². The number of esters is 1. The molecule has 2 aliphatic rings. The Labute approximate surface area is 470 Å². The first-order valence-corrected chi connectivity index (χ1v) is 28.1. The van der Waals surface area contributed by atoms with Crippen LogP contribution in [0.5, 0.6) is 0 Å². The van der Waals surface area contributed by atoms with Gasteiger partial charge in [-0.25, -0.2) is 4.79 Å². The molecule has 0 spiro atoms. The molecule has 3 rings (SSSR count). The Bertz CT molecular complexity index is 2340. The zero-order valence-electron chi connectivity index (χ0n) is 50.2. The monoisotopic (exact) mass is 1100 g/mol. The lowest BCUT2D eigenvalue weighted by atomic mass is 9.95. The minimum Gasteiger partial charge on any atom is -0.461 e. The van der Waals surface area contributed by atoms with Gasteiger partial charge in [0.25, 0.3) is 0 Å². The lowest BCUT2D eigenvalue weighted by Gasteiger charge is -2.41. The molecule has 1 aromatic carbocycles. The molecular weight excluding hydrogens is 1010 g/mol. The molecule has 0 aliphatic carbocycles. The molecule has 0 radical (unpaired) electrons. The Balaban J connectivity index is 2.12. The minimum atomic E-state index is -1.35. The first-order valence-electron chi connectivity index (χ1n) is 28.1. The summed E-state index contributed by atoms with van der Waals surface area (Å²) in [5.74, 6) is -6.31. The van der Waals surface area contributed by atoms with Gasteiger partial charge in [-0.15, -0.1) is 0 Å². The number of likely N-dealkylation sites (N-methyl/N-ethyl adjacent to an activating group) is 5. The predicted molar refractivity (Wildman–Crippen MR) is 305 cm³/mol. The van der Waals surface area contributed by atoms with E-state index in [0.717, 1.165) is 31.2 Å². The quantitative estimate of drug-likeness (QED) is 0.251. The van der Waals surface area contributed by atoms with Crippen molar-refractivity contribution in [3.05, 3.63) is 71.8 Å². The van der Waals surface area contributed by atoms with Gasteiger partial charge < -0.3 is 49.5 Å². The smallest absolute Gasteiger partial charge is 0.328 e. The molecule has 9 atom stereocenters. The SMILES string of the molecule is CNC(=O)C[C@H]1C(=O)N(C)[C@@H](C)C(=O)OC(C)CCCC=CCCC(OC)CC=CC=C(C)C(=O)N[C@H](C(C)C)C(=O)N(C)[C@@H](Cc2ccccc2)C(=O)N(C)[C@@H](C(C)C)C(=O)N(C)[C@@H](C(C)C)C(=O)N2CCC[C@H]2C(=O)N1C. The summed E-state index contributed by atoms with van der Waals surface area (Å²) in [6.45, 7) is 15.9. The Morgan fingerprint density at radius 1 is 0.684 bits per heavy atom. The first-order chi connectivity index (χ1) is 37.2. The van der Waals surface area contributed by atoms with Crippen molar-refractivity contribution in [3.63, 3.8) is 0 Å². The molecule has 1 saturated heterocycles. The van der Waals surface area contributed by atoms with Gasteiger partial charge in [0.15, 0.2) is 0 Å². The number of methoxy groups -OCH3 is 1. The highest BCUT2D eigenvalue weighted by atomic mass is 16.5. The number of rotatable bonds is 8. The van der Waals surface area contributed by atoms with Crippen molar-refractivity contribution in [2.75, 3.05) is 55.9 Å². The van der Waals surface area contributed by atoms with Crippen LogP contribution in [0.25, 0.3) is 0 Å². The van der Waals surface area contributed by atoms with Crippen LogP contribution in [-0.4, -0.2) is 193 Å². The number of nitrogens with zero attached hydrogens (tertiary/aromatic N) is 6. The van der Waals surface area contributed by atoms with Gasteiger partial charge in [-0.3, -0.25) is 38.4 Å². The fourth-order valence-corrected chi connectivity index (χ4v) is 10.2. The Morgan fingerprint density at radius 2 is 1.27 bits per heavy atom. The van der Waals surface area contributed by atoms with E-state index in [1.54, 1.807) is 60.8 Å². The van der Waals surface area contributed by atoms with Crippen molar-refractivity contribution in [2.24, 2.45) is 17.8 Å². The van der Waals surface area contributed by atoms with E-state index in [9.17, 15) is 33.6 Å². The van der Waals surface area contributed by atoms with Crippen LogP contribution in [0.2, 0.25) is 0 Å². The molecule has 2 N–H and O–H groups in total. The lowest BCUT2D eigenvalue weighted by Crippen LogP contribution is -2.62. The number of amides is 8. The standard InChI is InChI=1S/C60H94N8O11/c1-38(2)50-57(74)65(13)47(36-44-30-22-20-23-31-44)56(73)66(14)51(39(3)4)58(75)67(15)52(40(5)6)59(76)68-35-27-34-46(68)54(71)64(12)48(37-49(69)61-10)55(72)63(11)43(9)60(77)79-42(8)29-21-18-17-19-24-32-45(78-16)33-26-25-28-41(7)53(70)62-50/h17,19-20,22-23,25-26,28,30-31,38-40,42-43,45-48,50-52H,18,21,24,27,29,32-37H2,1-16H3,(H,61,69)(H,62,70)/t42?,43-,45?,46-,47-,48-,50+,51-,52-/m0/s1. The average Bonchev–Trinajstić information content (AvgIpc) is 3.99. The van der Waals surface area contributed by atoms with E-state index in [-0.39, 0.29) is 31.4 Å². The molecule has 2 unspecified atom stereocenters. The van der Waals surface area contributed by atoms with Gasteiger partial charge in [0.2, 0.25) is 47.3 Å². The predicted octanol–water partition coefficient (Wildman–Crippen LogP) is 5.32.